The first-order valence-electron chi connectivity index (χ1n) is 11.4. The Labute approximate surface area is 192 Å². The Bertz CT molecular complexity index is 1050. The smallest absolute Gasteiger partial charge is 0.343 e. The van der Waals surface area contributed by atoms with Crippen LogP contribution in [-0.4, -0.2) is 72.9 Å². The summed E-state index contributed by atoms with van der Waals surface area (Å²) in [7, 11) is 0. The summed E-state index contributed by atoms with van der Waals surface area (Å²) in [6, 6.07) is 3.43. The van der Waals surface area contributed by atoms with Crippen molar-refractivity contribution in [2.45, 2.75) is 57.6 Å². The Balaban J connectivity index is 1.30. The van der Waals surface area contributed by atoms with Crippen molar-refractivity contribution in [3.8, 4) is 0 Å². The zero-order valence-electron chi connectivity index (χ0n) is 19.2. The van der Waals surface area contributed by atoms with Crippen molar-refractivity contribution >= 4 is 29.2 Å². The van der Waals surface area contributed by atoms with Crippen molar-refractivity contribution in [1.82, 2.24) is 24.4 Å². The van der Waals surface area contributed by atoms with Crippen molar-refractivity contribution < 1.29 is 9.59 Å². The molecule has 2 fully saturated rings. The van der Waals surface area contributed by atoms with E-state index in [-0.39, 0.29) is 27.7 Å². The van der Waals surface area contributed by atoms with Gasteiger partial charge in [-0.25, -0.2) is 14.3 Å². The van der Waals surface area contributed by atoms with Gasteiger partial charge in [0.1, 0.15) is 0 Å². The normalized spacial score (nSPS) is 18.6. The van der Waals surface area contributed by atoms with Crippen molar-refractivity contribution in [2.75, 3.05) is 31.9 Å². The van der Waals surface area contributed by atoms with E-state index in [2.05, 4.69) is 31.0 Å². The quantitative estimate of drug-likeness (QED) is 0.695. The zero-order valence-corrected chi connectivity index (χ0v) is 20.0. The predicted octanol–water partition coefficient (Wildman–Crippen LogP) is 2.79. The van der Waals surface area contributed by atoms with Gasteiger partial charge in [0.2, 0.25) is 5.91 Å². The predicted molar refractivity (Wildman–Crippen MR) is 126 cm³/mol. The molecule has 0 unspecified atom stereocenters. The maximum absolute atomic E-state index is 13.2. The van der Waals surface area contributed by atoms with Gasteiger partial charge in [0.05, 0.1) is 5.56 Å². The van der Waals surface area contributed by atoms with Crippen LogP contribution < -0.4 is 5.69 Å². The van der Waals surface area contributed by atoms with Gasteiger partial charge >= 0.3 is 5.69 Å². The average molecular weight is 460 g/mol. The number of nitrogens with zero attached hydrogens (tertiary/aromatic N) is 4. The number of amides is 2. The number of piperidine rings is 1. The SMILES string of the molecule is CC(C)(C)SCCCC(=O)N1CCC2(CC1)CCN(C(=O)c1cccn3c(=O)[nH]nc13)C2. The van der Waals surface area contributed by atoms with E-state index in [0.29, 0.717) is 30.7 Å². The number of aromatic nitrogens is 3. The lowest BCUT2D eigenvalue weighted by Crippen LogP contribution is -2.44. The summed E-state index contributed by atoms with van der Waals surface area (Å²) in [5, 5.41) is 6.43. The first-order valence-corrected chi connectivity index (χ1v) is 12.4. The Hall–Kier alpha value is -2.29. The van der Waals surface area contributed by atoms with Gasteiger partial charge in [-0.2, -0.15) is 16.9 Å². The number of carbonyl (C=O) groups excluding carboxylic acids is 2. The molecule has 0 saturated carbocycles. The van der Waals surface area contributed by atoms with Gasteiger partial charge in [-0.15, -0.1) is 0 Å². The van der Waals surface area contributed by atoms with E-state index >= 15 is 0 Å². The molecule has 2 aliphatic heterocycles. The van der Waals surface area contributed by atoms with Crippen LogP contribution in [0, 0.1) is 5.41 Å². The zero-order chi connectivity index (χ0) is 22.9. The second-order valence-corrected chi connectivity index (χ2v) is 12.0. The third-order valence-electron chi connectivity index (χ3n) is 6.65. The van der Waals surface area contributed by atoms with Crippen LogP contribution in [-0.2, 0) is 4.79 Å². The van der Waals surface area contributed by atoms with Gasteiger partial charge in [-0.3, -0.25) is 9.59 Å². The molecule has 0 aromatic carbocycles. The number of likely N-dealkylation sites (tertiary alicyclic amines) is 2. The fraction of sp³-hybridized carbons (Fsp3) is 0.652. The van der Waals surface area contributed by atoms with Gasteiger partial charge in [0.15, 0.2) is 5.65 Å². The van der Waals surface area contributed by atoms with Crippen LogP contribution in [0.3, 0.4) is 0 Å². The molecule has 2 aliphatic rings. The molecule has 0 radical (unpaired) electrons. The number of thioether (sulfide) groups is 1. The van der Waals surface area contributed by atoms with E-state index < -0.39 is 0 Å². The summed E-state index contributed by atoms with van der Waals surface area (Å²) < 4.78 is 1.61. The number of rotatable bonds is 5. The van der Waals surface area contributed by atoms with Crippen LogP contribution in [0.15, 0.2) is 23.1 Å². The van der Waals surface area contributed by atoms with E-state index in [4.69, 9.17) is 0 Å². The third-order valence-corrected chi connectivity index (χ3v) is 8.00. The van der Waals surface area contributed by atoms with E-state index in [1.54, 1.807) is 18.3 Å². The van der Waals surface area contributed by atoms with Crippen molar-refractivity contribution in [3.63, 3.8) is 0 Å². The standard InChI is InChI=1S/C23H33N5O3S/c1-22(2,3)32-15-5-7-18(29)26-12-8-23(9-13-26)10-14-27(16-23)20(30)17-6-4-11-28-19(17)24-25-21(28)31/h4,6,11H,5,7-10,12-16H2,1-3H3,(H,25,31). The van der Waals surface area contributed by atoms with Crippen LogP contribution in [0.25, 0.3) is 5.65 Å². The van der Waals surface area contributed by atoms with E-state index in [1.807, 2.05) is 21.6 Å². The minimum Gasteiger partial charge on any atom is -0.343 e. The van der Waals surface area contributed by atoms with Gasteiger partial charge in [0.25, 0.3) is 5.91 Å². The molecule has 1 spiro atoms. The van der Waals surface area contributed by atoms with Gasteiger partial charge in [-0.05, 0) is 49.0 Å². The second kappa shape index (κ2) is 8.92. The maximum Gasteiger partial charge on any atom is 0.347 e. The van der Waals surface area contributed by atoms with Gasteiger partial charge in [0, 0.05) is 43.5 Å². The second-order valence-electron chi connectivity index (χ2n) is 10.1. The molecule has 174 valence electrons. The number of fused-ring (bicyclic) bond motifs is 1. The molecule has 4 rings (SSSR count). The summed E-state index contributed by atoms with van der Waals surface area (Å²) >= 11 is 1.91. The molecular formula is C23H33N5O3S. The van der Waals surface area contributed by atoms with Crippen molar-refractivity contribution in [3.05, 3.63) is 34.4 Å². The number of nitrogens with one attached hydrogen (secondary N) is 1. The lowest BCUT2D eigenvalue weighted by Gasteiger charge is -2.39. The maximum atomic E-state index is 13.2. The number of H-pyrrole nitrogens is 1. The summed E-state index contributed by atoms with van der Waals surface area (Å²) in [6.07, 6.45) is 5.98. The van der Waals surface area contributed by atoms with E-state index in [1.165, 1.54) is 4.40 Å². The molecule has 0 atom stereocenters. The summed E-state index contributed by atoms with van der Waals surface area (Å²) in [5.74, 6) is 1.19. The van der Waals surface area contributed by atoms with E-state index in [9.17, 15) is 14.4 Å². The van der Waals surface area contributed by atoms with Crippen LogP contribution in [0.2, 0.25) is 0 Å². The molecule has 0 aliphatic carbocycles. The topological polar surface area (TPSA) is 90.8 Å². The molecule has 9 heteroatoms. The minimum atomic E-state index is -0.346. The summed E-state index contributed by atoms with van der Waals surface area (Å²) in [4.78, 5) is 41.5. The molecule has 2 aromatic rings. The molecule has 2 aromatic heterocycles. The van der Waals surface area contributed by atoms with Crippen LogP contribution in [0.4, 0.5) is 0 Å². The number of pyridine rings is 1. The monoisotopic (exact) mass is 459 g/mol. The lowest BCUT2D eigenvalue weighted by molar-refractivity contribution is -0.133. The molecule has 32 heavy (non-hydrogen) atoms. The fourth-order valence-electron chi connectivity index (χ4n) is 4.78. The first-order chi connectivity index (χ1) is 15.2. The van der Waals surface area contributed by atoms with Gasteiger partial charge < -0.3 is 9.80 Å². The highest BCUT2D eigenvalue weighted by molar-refractivity contribution is 8.00. The Morgan fingerprint density at radius 3 is 2.53 bits per heavy atom. The van der Waals surface area contributed by atoms with Crippen molar-refractivity contribution in [1.29, 1.82) is 0 Å². The minimum absolute atomic E-state index is 0.0821. The van der Waals surface area contributed by atoms with Crippen LogP contribution >= 0.6 is 11.8 Å². The highest BCUT2D eigenvalue weighted by Crippen LogP contribution is 2.41. The lowest BCUT2D eigenvalue weighted by atomic mass is 9.77. The molecule has 0 bridgehead atoms. The van der Waals surface area contributed by atoms with Crippen LogP contribution in [0.5, 0.6) is 0 Å². The number of hydrogen-bond donors (Lipinski definition) is 1. The third kappa shape index (κ3) is 4.87. The Morgan fingerprint density at radius 2 is 1.84 bits per heavy atom. The number of aromatic amines is 1. The largest absolute Gasteiger partial charge is 0.347 e. The molecule has 2 saturated heterocycles. The first kappa shape index (κ1) is 22.9. The number of carbonyl (C=O) groups is 2. The van der Waals surface area contributed by atoms with Gasteiger partial charge in [-0.1, -0.05) is 20.8 Å². The average Bonchev–Trinajstić information content (AvgIpc) is 3.34. The Kier molecular flexibility index (Phi) is 6.38. The summed E-state index contributed by atoms with van der Waals surface area (Å²) in [6.45, 7) is 9.56. The summed E-state index contributed by atoms with van der Waals surface area (Å²) in [5.41, 5.74) is 0.559. The Morgan fingerprint density at radius 1 is 1.16 bits per heavy atom. The highest BCUT2D eigenvalue weighted by atomic mass is 32.2. The van der Waals surface area contributed by atoms with Crippen LogP contribution in [0.1, 0.15) is 63.2 Å². The van der Waals surface area contributed by atoms with E-state index in [0.717, 1.165) is 44.5 Å². The highest BCUT2D eigenvalue weighted by Gasteiger charge is 2.43. The fourth-order valence-corrected chi connectivity index (χ4v) is 5.68. The molecule has 8 nitrogen and oxygen atoms in total. The molecule has 4 heterocycles. The molecule has 2 amide bonds. The number of hydrogen-bond acceptors (Lipinski definition) is 5. The molecular weight excluding hydrogens is 426 g/mol. The molecule has 1 N–H and O–H groups in total. The van der Waals surface area contributed by atoms with Crippen molar-refractivity contribution in [2.24, 2.45) is 5.41 Å².